The monoisotopic (exact) mass is 379 g/mol. The van der Waals surface area contributed by atoms with E-state index >= 15 is 0 Å². The van der Waals surface area contributed by atoms with Crippen molar-refractivity contribution in [1.82, 2.24) is 20.2 Å². The smallest absolute Gasteiger partial charge is 0.415 e. The number of rotatable bonds is 3. The highest BCUT2D eigenvalue weighted by molar-refractivity contribution is 5.96. The van der Waals surface area contributed by atoms with Crippen LogP contribution in [0.1, 0.15) is 12.8 Å². The van der Waals surface area contributed by atoms with E-state index in [0.717, 1.165) is 54.0 Å². The number of ether oxygens (including phenoxy) is 1. The molecule has 2 saturated heterocycles. The Morgan fingerprint density at radius 3 is 3.00 bits per heavy atom. The number of nitrogens with two attached hydrogens (primary N) is 1. The standard InChI is InChI=1S/C19H21N7O2/c20-12-3-2-6-25(11-12)16-5-1-4-14(22-16)18-13-9-17(21-10-15(13)23-24-18)26-7-8-28-19(26)27/h1,4-5,9-10,12H,2-3,6-8,11,20H2,(H,23,24). The fourth-order valence-corrected chi connectivity index (χ4v) is 3.80. The summed E-state index contributed by atoms with van der Waals surface area (Å²) in [6.07, 6.45) is 3.42. The summed E-state index contributed by atoms with van der Waals surface area (Å²) in [5, 5.41) is 8.31. The van der Waals surface area contributed by atoms with Crippen molar-refractivity contribution in [3.8, 4) is 11.4 Å². The molecule has 0 aliphatic carbocycles. The normalized spacial score (nSPS) is 20.0. The average molecular weight is 379 g/mol. The van der Waals surface area contributed by atoms with Crippen molar-refractivity contribution in [3.63, 3.8) is 0 Å². The molecular weight excluding hydrogens is 358 g/mol. The van der Waals surface area contributed by atoms with Crippen molar-refractivity contribution in [2.24, 2.45) is 5.73 Å². The number of carbonyl (C=O) groups is 1. The third-order valence-corrected chi connectivity index (χ3v) is 5.23. The lowest BCUT2D eigenvalue weighted by Gasteiger charge is -2.31. The van der Waals surface area contributed by atoms with Crippen LogP contribution >= 0.6 is 0 Å². The lowest BCUT2D eigenvalue weighted by atomic mass is 10.1. The number of hydrogen-bond donors (Lipinski definition) is 2. The zero-order chi connectivity index (χ0) is 19.1. The van der Waals surface area contributed by atoms with Gasteiger partial charge < -0.3 is 15.4 Å². The minimum atomic E-state index is -0.376. The number of cyclic esters (lactones) is 1. The van der Waals surface area contributed by atoms with Crippen LogP contribution < -0.4 is 15.5 Å². The molecule has 3 aromatic rings. The van der Waals surface area contributed by atoms with Crippen LogP contribution in [0.15, 0.2) is 30.5 Å². The highest BCUT2D eigenvalue weighted by Gasteiger charge is 2.25. The van der Waals surface area contributed by atoms with Crippen molar-refractivity contribution >= 4 is 28.6 Å². The van der Waals surface area contributed by atoms with Gasteiger partial charge in [-0.15, -0.1) is 0 Å². The number of pyridine rings is 2. The van der Waals surface area contributed by atoms with E-state index in [1.165, 1.54) is 4.90 Å². The number of anilines is 2. The first-order chi connectivity index (χ1) is 13.7. The largest absolute Gasteiger partial charge is 0.447 e. The van der Waals surface area contributed by atoms with Crippen molar-refractivity contribution < 1.29 is 9.53 Å². The molecular formula is C19H21N7O2. The molecule has 28 heavy (non-hydrogen) atoms. The molecule has 1 atom stereocenters. The highest BCUT2D eigenvalue weighted by Crippen LogP contribution is 2.29. The molecule has 0 aromatic carbocycles. The van der Waals surface area contributed by atoms with Gasteiger partial charge in [0.1, 0.15) is 23.9 Å². The topological polar surface area (TPSA) is 113 Å². The predicted octanol–water partition coefficient (Wildman–Crippen LogP) is 1.90. The summed E-state index contributed by atoms with van der Waals surface area (Å²) in [7, 11) is 0. The zero-order valence-corrected chi connectivity index (χ0v) is 15.3. The number of nitrogens with one attached hydrogen (secondary N) is 1. The van der Waals surface area contributed by atoms with E-state index in [1.54, 1.807) is 6.20 Å². The zero-order valence-electron chi connectivity index (χ0n) is 15.3. The molecule has 5 heterocycles. The number of amides is 1. The maximum Gasteiger partial charge on any atom is 0.415 e. The van der Waals surface area contributed by atoms with Crippen LogP contribution in [0.25, 0.3) is 22.3 Å². The Morgan fingerprint density at radius 1 is 1.25 bits per heavy atom. The Bertz CT molecular complexity index is 1030. The number of aromatic amines is 1. The number of hydrogen-bond acceptors (Lipinski definition) is 7. The highest BCUT2D eigenvalue weighted by atomic mass is 16.6. The van der Waals surface area contributed by atoms with Gasteiger partial charge in [-0.05, 0) is 31.0 Å². The lowest BCUT2D eigenvalue weighted by Crippen LogP contribution is -2.43. The Labute approximate surface area is 161 Å². The van der Waals surface area contributed by atoms with Crippen LogP contribution in [0.4, 0.5) is 16.4 Å². The molecule has 144 valence electrons. The molecule has 0 spiro atoms. The van der Waals surface area contributed by atoms with E-state index in [-0.39, 0.29) is 12.1 Å². The second kappa shape index (κ2) is 6.75. The van der Waals surface area contributed by atoms with Gasteiger partial charge in [0.25, 0.3) is 0 Å². The fraction of sp³-hybridized carbons (Fsp3) is 0.368. The minimum absolute atomic E-state index is 0.180. The first kappa shape index (κ1) is 16.9. The lowest BCUT2D eigenvalue weighted by molar-refractivity contribution is 0.181. The molecule has 3 aromatic heterocycles. The van der Waals surface area contributed by atoms with Gasteiger partial charge in [-0.1, -0.05) is 6.07 Å². The van der Waals surface area contributed by atoms with Gasteiger partial charge in [-0.3, -0.25) is 10.00 Å². The SMILES string of the molecule is NC1CCCN(c2cccc(-c3n[nH]c4cnc(N5CCOC5=O)cc34)n2)C1. The number of nitrogens with zero attached hydrogens (tertiary/aromatic N) is 5. The molecule has 5 rings (SSSR count). The Morgan fingerprint density at radius 2 is 2.18 bits per heavy atom. The Balaban J connectivity index is 1.52. The van der Waals surface area contributed by atoms with Crippen LogP contribution in [0, 0.1) is 0 Å². The van der Waals surface area contributed by atoms with Crippen LogP contribution in [-0.4, -0.2) is 58.5 Å². The first-order valence-corrected chi connectivity index (χ1v) is 9.45. The van der Waals surface area contributed by atoms with Crippen molar-refractivity contribution in [1.29, 1.82) is 0 Å². The summed E-state index contributed by atoms with van der Waals surface area (Å²) in [4.78, 5) is 24.8. The molecule has 1 unspecified atom stereocenters. The molecule has 2 fully saturated rings. The van der Waals surface area contributed by atoms with E-state index in [1.807, 2.05) is 24.3 Å². The Kier molecular flexibility index (Phi) is 4.09. The van der Waals surface area contributed by atoms with Gasteiger partial charge in [0.2, 0.25) is 0 Å². The molecule has 9 nitrogen and oxygen atoms in total. The number of fused-ring (bicyclic) bond motifs is 1. The third-order valence-electron chi connectivity index (χ3n) is 5.23. The predicted molar refractivity (Wildman–Crippen MR) is 105 cm³/mol. The summed E-state index contributed by atoms with van der Waals surface area (Å²) in [5.41, 5.74) is 8.41. The first-order valence-electron chi connectivity index (χ1n) is 9.45. The number of H-pyrrole nitrogens is 1. The fourth-order valence-electron chi connectivity index (χ4n) is 3.80. The molecule has 0 radical (unpaired) electrons. The molecule has 9 heteroatoms. The van der Waals surface area contributed by atoms with Crippen LogP contribution in [0.2, 0.25) is 0 Å². The van der Waals surface area contributed by atoms with Gasteiger partial charge in [0.15, 0.2) is 0 Å². The summed E-state index contributed by atoms with van der Waals surface area (Å²) in [6.45, 7) is 2.63. The summed E-state index contributed by atoms with van der Waals surface area (Å²) < 4.78 is 5.02. The average Bonchev–Trinajstić information content (AvgIpc) is 3.33. The second-order valence-corrected chi connectivity index (χ2v) is 7.16. The van der Waals surface area contributed by atoms with E-state index < -0.39 is 0 Å². The summed E-state index contributed by atoms with van der Waals surface area (Å²) >= 11 is 0. The van der Waals surface area contributed by atoms with Gasteiger partial charge in [-0.2, -0.15) is 5.10 Å². The second-order valence-electron chi connectivity index (χ2n) is 7.16. The van der Waals surface area contributed by atoms with Gasteiger partial charge in [-0.25, -0.2) is 14.8 Å². The van der Waals surface area contributed by atoms with Crippen LogP contribution in [0.3, 0.4) is 0 Å². The van der Waals surface area contributed by atoms with Crippen LogP contribution in [0.5, 0.6) is 0 Å². The van der Waals surface area contributed by atoms with E-state index in [2.05, 4.69) is 20.1 Å². The minimum Gasteiger partial charge on any atom is -0.447 e. The van der Waals surface area contributed by atoms with Gasteiger partial charge >= 0.3 is 6.09 Å². The summed E-state index contributed by atoms with van der Waals surface area (Å²) in [6, 6.07) is 7.96. The summed E-state index contributed by atoms with van der Waals surface area (Å²) in [5.74, 6) is 1.46. The molecule has 3 N–H and O–H groups in total. The van der Waals surface area contributed by atoms with E-state index in [9.17, 15) is 4.79 Å². The van der Waals surface area contributed by atoms with Crippen molar-refractivity contribution in [3.05, 3.63) is 30.5 Å². The molecule has 0 bridgehead atoms. The maximum absolute atomic E-state index is 11.9. The quantitative estimate of drug-likeness (QED) is 0.714. The number of aromatic nitrogens is 4. The molecule has 1 amide bonds. The van der Waals surface area contributed by atoms with E-state index in [4.69, 9.17) is 15.5 Å². The van der Waals surface area contributed by atoms with E-state index in [0.29, 0.717) is 19.0 Å². The number of piperidine rings is 1. The molecule has 2 aliphatic rings. The van der Waals surface area contributed by atoms with Gasteiger partial charge in [0, 0.05) is 24.5 Å². The maximum atomic E-state index is 11.9. The van der Waals surface area contributed by atoms with Crippen molar-refractivity contribution in [2.45, 2.75) is 18.9 Å². The van der Waals surface area contributed by atoms with Crippen LogP contribution in [-0.2, 0) is 4.74 Å². The third kappa shape index (κ3) is 2.93. The molecule has 2 aliphatic heterocycles. The number of carbonyl (C=O) groups excluding carboxylic acids is 1. The van der Waals surface area contributed by atoms with Gasteiger partial charge in [0.05, 0.1) is 24.0 Å². The molecule has 0 saturated carbocycles. The Hall–Kier alpha value is -3.20. The van der Waals surface area contributed by atoms with Crippen molar-refractivity contribution in [2.75, 3.05) is 36.0 Å².